The lowest BCUT2D eigenvalue weighted by molar-refractivity contribution is -0.143. The molecule has 1 heterocycles. The maximum atomic E-state index is 13.6. The first kappa shape index (κ1) is 40.9. The van der Waals surface area contributed by atoms with E-state index in [4.69, 9.17) is 4.43 Å². The molecular formula is C37H61N5O5Si. The summed E-state index contributed by atoms with van der Waals surface area (Å²) in [4.78, 5) is 53.6. The molecule has 0 radical (unpaired) electrons. The predicted molar refractivity (Wildman–Crippen MR) is 196 cm³/mol. The van der Waals surface area contributed by atoms with Gasteiger partial charge in [0.25, 0.3) is 5.91 Å². The predicted octanol–water partition coefficient (Wildman–Crippen LogP) is 5.64. The zero-order chi connectivity index (χ0) is 36.4. The summed E-state index contributed by atoms with van der Waals surface area (Å²) in [6.07, 6.45) is 5.82. The number of hydrazine groups is 1. The molecule has 1 aromatic rings. The molecule has 0 spiro atoms. The van der Waals surface area contributed by atoms with E-state index in [0.29, 0.717) is 32.2 Å². The van der Waals surface area contributed by atoms with Crippen molar-refractivity contribution in [2.45, 2.75) is 129 Å². The first-order valence-electron chi connectivity index (χ1n) is 17.3. The summed E-state index contributed by atoms with van der Waals surface area (Å²) >= 11 is 0. The van der Waals surface area contributed by atoms with Crippen LogP contribution in [0.15, 0.2) is 43.5 Å². The Kier molecular flexibility index (Phi) is 15.3. The summed E-state index contributed by atoms with van der Waals surface area (Å²) < 4.78 is 6.67. The van der Waals surface area contributed by atoms with E-state index in [1.165, 1.54) is 5.01 Å². The van der Waals surface area contributed by atoms with Gasteiger partial charge in [-0.25, -0.2) is 5.43 Å². The highest BCUT2D eigenvalue weighted by Gasteiger charge is 2.41. The van der Waals surface area contributed by atoms with Gasteiger partial charge in [0, 0.05) is 6.54 Å². The van der Waals surface area contributed by atoms with Crippen LogP contribution >= 0.6 is 0 Å². The average molecular weight is 684 g/mol. The number of amides is 4. The Morgan fingerprint density at radius 3 is 2.29 bits per heavy atom. The maximum absolute atomic E-state index is 13.6. The molecule has 4 N–H and O–H groups in total. The molecule has 0 bridgehead atoms. The zero-order valence-electron chi connectivity index (χ0n) is 30.9. The highest BCUT2D eigenvalue weighted by molar-refractivity contribution is 6.74. The molecule has 1 fully saturated rings. The molecule has 11 heteroatoms. The van der Waals surface area contributed by atoms with Crippen molar-refractivity contribution >= 4 is 38.0 Å². The number of carbonyl (C=O) groups excluding carboxylic acids is 4. The van der Waals surface area contributed by atoms with Crippen molar-refractivity contribution in [3.63, 3.8) is 0 Å². The van der Waals surface area contributed by atoms with Crippen molar-refractivity contribution in [1.82, 2.24) is 26.4 Å². The fourth-order valence-electron chi connectivity index (χ4n) is 5.32. The molecule has 2 rings (SSSR count). The van der Waals surface area contributed by atoms with Crippen molar-refractivity contribution in [2.24, 2.45) is 11.8 Å². The minimum Gasteiger partial charge on any atom is -0.413 e. The van der Waals surface area contributed by atoms with E-state index in [1.54, 1.807) is 13.0 Å². The molecule has 1 aliphatic rings. The van der Waals surface area contributed by atoms with E-state index in [1.807, 2.05) is 58.0 Å². The lowest BCUT2D eigenvalue weighted by atomic mass is 9.97. The van der Waals surface area contributed by atoms with Crippen LogP contribution in [0.1, 0.15) is 98.2 Å². The molecule has 1 saturated heterocycles. The number of allylic oxidation sites excluding steroid dienone is 1. The minimum atomic E-state index is -2.17. The van der Waals surface area contributed by atoms with Crippen LogP contribution in [-0.2, 0) is 23.6 Å². The molecule has 1 unspecified atom stereocenters. The van der Waals surface area contributed by atoms with E-state index < -0.39 is 38.3 Å². The number of nitrogens with one attached hydrogen (secondary N) is 4. The number of hydrogen-bond donors (Lipinski definition) is 4. The largest absolute Gasteiger partial charge is 0.413 e. The van der Waals surface area contributed by atoms with Gasteiger partial charge in [-0.2, -0.15) is 0 Å². The van der Waals surface area contributed by atoms with E-state index in [2.05, 4.69) is 68.4 Å². The van der Waals surface area contributed by atoms with Gasteiger partial charge in [0.05, 0.1) is 18.1 Å². The molecule has 10 nitrogen and oxygen atoms in total. The standard InChI is InChI=1S/C37H61N5O5Si/c1-13-15-21-31(47-48(11,12)37(8,9)10)25(5)33(43)40-32(24(3)4)35(45)39-27(7)36(46)42-22-17-20-30(41-42)34(44)38-26(6)29-19-16-18-28(14-2)23-29/h13-14,16,18-19,23-27,30-32,41H,1-2,15,17,20-22H2,3-12H3,(H,38,44)(H,39,45)(H,40,43)/t25-,26-,27?,30+,31-,32+/m1/s1. The number of carbonyl (C=O) groups is 4. The molecule has 48 heavy (non-hydrogen) atoms. The number of hydrogen-bond acceptors (Lipinski definition) is 6. The van der Waals surface area contributed by atoms with Crippen molar-refractivity contribution in [3.8, 4) is 0 Å². The van der Waals surface area contributed by atoms with Crippen LogP contribution in [0, 0.1) is 11.8 Å². The lowest BCUT2D eigenvalue weighted by Gasteiger charge is -2.41. The third kappa shape index (κ3) is 11.4. The summed E-state index contributed by atoms with van der Waals surface area (Å²) in [6.45, 7) is 27.9. The fraction of sp³-hybridized carbons (Fsp3) is 0.622. The van der Waals surface area contributed by atoms with Crippen LogP contribution in [0.5, 0.6) is 0 Å². The molecule has 268 valence electrons. The Balaban J connectivity index is 2.04. The molecule has 1 aliphatic heterocycles. The molecule has 4 amide bonds. The van der Waals surface area contributed by atoms with E-state index >= 15 is 0 Å². The van der Waals surface area contributed by atoms with Gasteiger partial charge in [-0.1, -0.05) is 78.5 Å². The van der Waals surface area contributed by atoms with Crippen LogP contribution < -0.4 is 21.4 Å². The van der Waals surface area contributed by atoms with E-state index in [-0.39, 0.29) is 40.8 Å². The highest BCUT2D eigenvalue weighted by atomic mass is 28.4. The summed E-state index contributed by atoms with van der Waals surface area (Å²) in [7, 11) is -2.17. The Morgan fingerprint density at radius 2 is 1.71 bits per heavy atom. The van der Waals surface area contributed by atoms with E-state index in [0.717, 1.165) is 11.1 Å². The molecule has 1 aromatic carbocycles. The van der Waals surface area contributed by atoms with Crippen LogP contribution in [0.4, 0.5) is 0 Å². The van der Waals surface area contributed by atoms with Gasteiger partial charge >= 0.3 is 0 Å². The van der Waals surface area contributed by atoms with Crippen LogP contribution in [-0.4, -0.2) is 67.7 Å². The molecule has 6 atom stereocenters. The summed E-state index contributed by atoms with van der Waals surface area (Å²) in [5.41, 5.74) is 4.98. The van der Waals surface area contributed by atoms with Gasteiger partial charge in [-0.3, -0.25) is 24.2 Å². The van der Waals surface area contributed by atoms with Crippen molar-refractivity contribution in [3.05, 3.63) is 54.6 Å². The summed E-state index contributed by atoms with van der Waals surface area (Å²) in [6, 6.07) is 5.23. The quantitative estimate of drug-likeness (QED) is 0.132. The number of nitrogens with zero attached hydrogens (tertiary/aromatic N) is 1. The second-order valence-corrected chi connectivity index (χ2v) is 19.7. The Morgan fingerprint density at radius 1 is 1.04 bits per heavy atom. The molecular weight excluding hydrogens is 623 g/mol. The third-order valence-corrected chi connectivity index (χ3v) is 14.1. The Hall–Kier alpha value is -3.28. The van der Waals surface area contributed by atoms with E-state index in [9.17, 15) is 19.2 Å². The van der Waals surface area contributed by atoms with Gasteiger partial charge in [-0.05, 0) is 80.8 Å². The summed E-state index contributed by atoms with van der Waals surface area (Å²) in [5, 5.41) is 10.2. The van der Waals surface area contributed by atoms with Gasteiger partial charge in [-0.15, -0.1) is 6.58 Å². The smallest absolute Gasteiger partial charge is 0.258 e. The Labute approximate surface area is 290 Å². The normalized spacial score (nSPS) is 18.6. The van der Waals surface area contributed by atoms with Gasteiger partial charge in [0.15, 0.2) is 8.32 Å². The topological polar surface area (TPSA) is 129 Å². The zero-order valence-corrected chi connectivity index (χ0v) is 31.9. The summed E-state index contributed by atoms with van der Waals surface area (Å²) in [5.74, 6) is -2.01. The second-order valence-electron chi connectivity index (χ2n) is 15.0. The van der Waals surface area contributed by atoms with Gasteiger partial charge < -0.3 is 20.4 Å². The Bertz CT molecular complexity index is 1290. The van der Waals surface area contributed by atoms with Crippen molar-refractivity contribution < 1.29 is 23.6 Å². The SMILES string of the molecule is C=CCC[C@@H](O[Si](C)(C)C(C)(C)C)[C@@H](C)C(=O)N[C@H](C(=O)NC(C)C(=O)N1CCC[C@@H](C(=O)N[C@H](C)c2cccc(C=C)c2)N1)C(C)C. The van der Waals surface area contributed by atoms with Crippen LogP contribution in [0.25, 0.3) is 6.08 Å². The maximum Gasteiger partial charge on any atom is 0.258 e. The fourth-order valence-corrected chi connectivity index (χ4v) is 6.75. The van der Waals surface area contributed by atoms with Crippen molar-refractivity contribution in [1.29, 1.82) is 0 Å². The van der Waals surface area contributed by atoms with Gasteiger partial charge in [0.1, 0.15) is 18.1 Å². The minimum absolute atomic E-state index is 0.0257. The molecule has 0 saturated carbocycles. The van der Waals surface area contributed by atoms with Gasteiger partial charge in [0.2, 0.25) is 17.7 Å². The number of benzene rings is 1. The van der Waals surface area contributed by atoms with Crippen LogP contribution in [0.2, 0.25) is 18.1 Å². The molecule has 0 aromatic heterocycles. The monoisotopic (exact) mass is 683 g/mol. The highest BCUT2D eigenvalue weighted by Crippen LogP contribution is 2.38. The number of rotatable bonds is 16. The lowest BCUT2D eigenvalue weighted by Crippen LogP contribution is -2.62. The van der Waals surface area contributed by atoms with Crippen LogP contribution in [0.3, 0.4) is 0 Å². The van der Waals surface area contributed by atoms with Crippen molar-refractivity contribution in [2.75, 3.05) is 6.54 Å². The average Bonchev–Trinajstić information content (AvgIpc) is 3.03. The second kappa shape index (κ2) is 17.9. The third-order valence-electron chi connectivity index (χ3n) is 9.63. The first-order chi connectivity index (χ1) is 22.3. The first-order valence-corrected chi connectivity index (χ1v) is 20.2. The molecule has 0 aliphatic carbocycles.